The first-order chi connectivity index (χ1) is 7.51. The van der Waals surface area contributed by atoms with Gasteiger partial charge in [-0.15, -0.1) is 0 Å². The van der Waals surface area contributed by atoms with Crippen LogP contribution in [0.3, 0.4) is 0 Å². The number of methoxy groups -OCH3 is 2. The average Bonchev–Trinajstić information content (AvgIpc) is 2.71. The van der Waals surface area contributed by atoms with Crippen LogP contribution in [0, 0.1) is 0 Å². The van der Waals surface area contributed by atoms with E-state index in [1.807, 2.05) is 0 Å². The summed E-state index contributed by atoms with van der Waals surface area (Å²) in [6.45, 7) is 1.78. The van der Waals surface area contributed by atoms with Crippen LogP contribution in [0.25, 0.3) is 0 Å². The summed E-state index contributed by atoms with van der Waals surface area (Å²) in [5.41, 5.74) is 0. The summed E-state index contributed by atoms with van der Waals surface area (Å²) in [7, 11) is 2.43. The van der Waals surface area contributed by atoms with E-state index >= 15 is 0 Å². The van der Waals surface area contributed by atoms with Gasteiger partial charge in [0.25, 0.3) is 0 Å². The van der Waals surface area contributed by atoms with Crippen LogP contribution in [0.15, 0.2) is 0 Å². The minimum atomic E-state index is -1.08. The zero-order valence-corrected chi connectivity index (χ0v) is 10.7. The fraction of sp³-hybridized carbons (Fsp3) is 0.778. The number of alkyl halides is 1. The zero-order chi connectivity index (χ0) is 12.3. The largest absolute Gasteiger partial charge is 0.467 e. The summed E-state index contributed by atoms with van der Waals surface area (Å²) in [4.78, 5) is 22.6. The lowest BCUT2D eigenvalue weighted by molar-refractivity contribution is -0.160. The van der Waals surface area contributed by atoms with Gasteiger partial charge in [0.1, 0.15) is 0 Å². The Morgan fingerprint density at radius 1 is 1.12 bits per heavy atom. The molecule has 0 amide bonds. The lowest BCUT2D eigenvalue weighted by Crippen LogP contribution is -2.38. The van der Waals surface area contributed by atoms with Gasteiger partial charge in [0.05, 0.1) is 19.0 Å². The highest BCUT2D eigenvalue weighted by atomic mass is 79.9. The van der Waals surface area contributed by atoms with E-state index in [4.69, 9.17) is 9.47 Å². The third-order valence-corrected chi connectivity index (χ3v) is 2.51. The van der Waals surface area contributed by atoms with Gasteiger partial charge >= 0.3 is 11.9 Å². The summed E-state index contributed by atoms with van der Waals surface area (Å²) in [6, 6.07) is 0. The molecule has 0 aromatic rings. The standard InChI is InChI=1S/C9H13BrO6/c1-4(10)9-15-5(7(11)13-2)6(16-9)8(12)14-3/h4-6,9H,1-3H3/t4?,5-,6-/m1/s1. The van der Waals surface area contributed by atoms with Gasteiger partial charge in [-0.1, -0.05) is 15.9 Å². The smallest absolute Gasteiger partial charge is 0.338 e. The Bertz CT molecular complexity index is 255. The molecule has 92 valence electrons. The van der Waals surface area contributed by atoms with E-state index in [-0.39, 0.29) is 4.83 Å². The maximum Gasteiger partial charge on any atom is 0.338 e. The van der Waals surface area contributed by atoms with Gasteiger partial charge in [0.15, 0.2) is 18.5 Å². The molecule has 1 fully saturated rings. The predicted molar refractivity (Wildman–Crippen MR) is 56.0 cm³/mol. The van der Waals surface area contributed by atoms with Crippen LogP contribution in [-0.2, 0) is 28.5 Å². The SMILES string of the molecule is COC(=O)[C@@H]1OC(C(C)Br)O[C@H]1C(=O)OC. The molecule has 1 rings (SSSR count). The van der Waals surface area contributed by atoms with Gasteiger partial charge in [-0.05, 0) is 6.92 Å². The average molecular weight is 297 g/mol. The summed E-state index contributed by atoms with van der Waals surface area (Å²) in [5.74, 6) is -1.32. The summed E-state index contributed by atoms with van der Waals surface area (Å²) in [6.07, 6.45) is -2.85. The molecule has 6 nitrogen and oxygen atoms in total. The summed E-state index contributed by atoms with van der Waals surface area (Å²) >= 11 is 3.24. The molecule has 0 aromatic heterocycles. The van der Waals surface area contributed by atoms with E-state index in [0.717, 1.165) is 0 Å². The Morgan fingerprint density at radius 3 is 1.75 bits per heavy atom. The van der Waals surface area contributed by atoms with Gasteiger partial charge in [-0.3, -0.25) is 0 Å². The van der Waals surface area contributed by atoms with Crippen molar-refractivity contribution in [2.75, 3.05) is 14.2 Å². The van der Waals surface area contributed by atoms with Crippen molar-refractivity contribution >= 4 is 27.9 Å². The van der Waals surface area contributed by atoms with Crippen LogP contribution in [0.4, 0.5) is 0 Å². The van der Waals surface area contributed by atoms with Crippen molar-refractivity contribution < 1.29 is 28.5 Å². The number of halogens is 1. The predicted octanol–water partition coefficient (Wildman–Crippen LogP) is 0.226. The maximum atomic E-state index is 11.4. The van der Waals surface area contributed by atoms with Crippen molar-refractivity contribution in [3.05, 3.63) is 0 Å². The van der Waals surface area contributed by atoms with Crippen LogP contribution < -0.4 is 0 Å². The second-order valence-electron chi connectivity index (χ2n) is 3.21. The van der Waals surface area contributed by atoms with Crippen molar-refractivity contribution in [3.8, 4) is 0 Å². The molecular formula is C9H13BrO6. The molecule has 0 bridgehead atoms. The topological polar surface area (TPSA) is 71.1 Å². The lowest BCUT2D eigenvalue weighted by Gasteiger charge is -2.11. The highest BCUT2D eigenvalue weighted by molar-refractivity contribution is 9.09. The molecule has 1 saturated heterocycles. The Morgan fingerprint density at radius 2 is 1.50 bits per heavy atom. The molecule has 7 heteroatoms. The number of hydrogen-bond acceptors (Lipinski definition) is 6. The quantitative estimate of drug-likeness (QED) is 0.548. The number of hydrogen-bond donors (Lipinski definition) is 0. The van der Waals surface area contributed by atoms with Gasteiger partial charge in [-0.2, -0.15) is 0 Å². The molecule has 0 saturated carbocycles. The molecule has 16 heavy (non-hydrogen) atoms. The van der Waals surface area contributed by atoms with E-state index < -0.39 is 30.4 Å². The first-order valence-electron chi connectivity index (χ1n) is 4.62. The second kappa shape index (κ2) is 5.60. The molecule has 1 aliphatic heterocycles. The molecule has 1 heterocycles. The van der Waals surface area contributed by atoms with Crippen molar-refractivity contribution in [3.63, 3.8) is 0 Å². The van der Waals surface area contributed by atoms with Crippen LogP contribution in [0.5, 0.6) is 0 Å². The van der Waals surface area contributed by atoms with Gasteiger partial charge in [0.2, 0.25) is 0 Å². The van der Waals surface area contributed by atoms with E-state index in [0.29, 0.717) is 0 Å². The molecule has 1 unspecified atom stereocenters. The normalized spacial score (nSPS) is 27.5. The van der Waals surface area contributed by atoms with Crippen molar-refractivity contribution in [2.45, 2.75) is 30.2 Å². The minimum absolute atomic E-state index is 0.158. The second-order valence-corrected chi connectivity index (χ2v) is 4.65. The molecule has 0 N–H and O–H groups in total. The van der Waals surface area contributed by atoms with Crippen LogP contribution in [0.1, 0.15) is 6.92 Å². The van der Waals surface area contributed by atoms with Crippen molar-refractivity contribution in [1.82, 2.24) is 0 Å². The monoisotopic (exact) mass is 296 g/mol. The molecule has 0 aromatic carbocycles. The highest BCUT2D eigenvalue weighted by Crippen LogP contribution is 2.26. The van der Waals surface area contributed by atoms with Crippen LogP contribution in [-0.4, -0.2) is 49.5 Å². The lowest BCUT2D eigenvalue weighted by atomic mass is 10.2. The van der Waals surface area contributed by atoms with E-state index in [2.05, 4.69) is 25.4 Å². The minimum Gasteiger partial charge on any atom is -0.467 e. The van der Waals surface area contributed by atoms with Gasteiger partial charge < -0.3 is 18.9 Å². The van der Waals surface area contributed by atoms with E-state index in [1.54, 1.807) is 6.92 Å². The number of carbonyl (C=O) groups is 2. The Kier molecular flexibility index (Phi) is 4.69. The number of esters is 2. The van der Waals surface area contributed by atoms with Gasteiger partial charge in [-0.25, -0.2) is 9.59 Å². The molecule has 0 spiro atoms. The first-order valence-corrected chi connectivity index (χ1v) is 5.53. The van der Waals surface area contributed by atoms with Crippen LogP contribution >= 0.6 is 15.9 Å². The van der Waals surface area contributed by atoms with Crippen LogP contribution in [0.2, 0.25) is 0 Å². The fourth-order valence-corrected chi connectivity index (χ4v) is 1.52. The Hall–Kier alpha value is -0.660. The van der Waals surface area contributed by atoms with Gasteiger partial charge in [0, 0.05) is 0 Å². The molecular weight excluding hydrogens is 284 g/mol. The van der Waals surface area contributed by atoms with Crippen molar-refractivity contribution in [1.29, 1.82) is 0 Å². The summed E-state index contributed by atoms with van der Waals surface area (Å²) < 4.78 is 19.6. The first kappa shape index (κ1) is 13.4. The molecule has 1 aliphatic rings. The number of carbonyl (C=O) groups excluding carboxylic acids is 2. The fourth-order valence-electron chi connectivity index (χ4n) is 1.27. The molecule has 0 aliphatic carbocycles. The maximum absolute atomic E-state index is 11.4. The number of ether oxygens (including phenoxy) is 4. The zero-order valence-electron chi connectivity index (χ0n) is 9.14. The number of rotatable bonds is 3. The van der Waals surface area contributed by atoms with E-state index in [1.165, 1.54) is 14.2 Å². The van der Waals surface area contributed by atoms with Crippen molar-refractivity contribution in [2.24, 2.45) is 0 Å². The molecule has 0 radical (unpaired) electrons. The Labute approximate surface area is 101 Å². The third-order valence-electron chi connectivity index (χ3n) is 2.08. The van der Waals surface area contributed by atoms with E-state index in [9.17, 15) is 9.59 Å². The third kappa shape index (κ3) is 2.72. The summed E-state index contributed by atoms with van der Waals surface area (Å²) in [5, 5.41) is 0. The molecule has 3 atom stereocenters. The Balaban J connectivity index is 2.79. The highest BCUT2D eigenvalue weighted by Gasteiger charge is 2.47.